The summed E-state index contributed by atoms with van der Waals surface area (Å²) in [6.45, 7) is 3.86. The molecule has 0 N–H and O–H groups in total. The average molecular weight is 311 g/mol. The molecule has 0 amide bonds. The minimum atomic E-state index is -0.446. The van der Waals surface area contributed by atoms with Gasteiger partial charge < -0.3 is 10.1 Å². The third-order valence-electron chi connectivity index (χ3n) is 2.52. The number of hydrogen-bond acceptors (Lipinski definition) is 8. The van der Waals surface area contributed by atoms with Crippen molar-refractivity contribution in [1.82, 2.24) is 29.6 Å². The molecule has 3 aromatic rings. The van der Waals surface area contributed by atoms with Crippen molar-refractivity contribution in [3.05, 3.63) is 21.7 Å². The minimum absolute atomic E-state index is 0.0651. The molecule has 11 heteroatoms. The second kappa shape index (κ2) is 4.83. The molecule has 0 spiro atoms. The molecule has 0 aliphatic carbocycles. The van der Waals surface area contributed by atoms with Gasteiger partial charge >= 0.3 is 5.82 Å². The van der Waals surface area contributed by atoms with Gasteiger partial charge in [-0.15, -0.1) is 5.10 Å². The van der Waals surface area contributed by atoms with Crippen LogP contribution in [0.1, 0.15) is 19.9 Å². The Balaban J connectivity index is 2.06. The molecule has 3 aromatic heterocycles. The van der Waals surface area contributed by atoms with Crippen molar-refractivity contribution >= 4 is 33.9 Å². The van der Waals surface area contributed by atoms with E-state index in [0.717, 1.165) is 11.8 Å². The molecule has 0 aliphatic rings. The first kappa shape index (κ1) is 13.0. The summed E-state index contributed by atoms with van der Waals surface area (Å²) in [6, 6.07) is 0.0651. The van der Waals surface area contributed by atoms with Crippen LogP contribution in [0.25, 0.3) is 4.96 Å². The van der Waals surface area contributed by atoms with Crippen LogP contribution in [0.2, 0.25) is 0 Å². The third-order valence-corrected chi connectivity index (χ3v) is 4.19. The lowest BCUT2D eigenvalue weighted by Gasteiger charge is -2.05. The molecule has 0 bridgehead atoms. The van der Waals surface area contributed by atoms with Gasteiger partial charge in [0.25, 0.3) is 4.96 Å². The van der Waals surface area contributed by atoms with Gasteiger partial charge in [0.15, 0.2) is 0 Å². The molecule has 0 radical (unpaired) electrons. The van der Waals surface area contributed by atoms with Gasteiger partial charge in [-0.25, -0.2) is 4.68 Å². The SMILES string of the molecule is CC(C)n1nnnc1Sc1nc2sccn2c1[N+](=O)[O-]. The van der Waals surface area contributed by atoms with E-state index in [1.807, 2.05) is 13.8 Å². The number of aromatic nitrogens is 6. The molecule has 0 atom stereocenters. The summed E-state index contributed by atoms with van der Waals surface area (Å²) in [5, 5.41) is 25.1. The summed E-state index contributed by atoms with van der Waals surface area (Å²) < 4.78 is 3.05. The molecule has 3 heterocycles. The quantitative estimate of drug-likeness (QED) is 0.536. The van der Waals surface area contributed by atoms with Crippen LogP contribution in [0.5, 0.6) is 0 Å². The summed E-state index contributed by atoms with van der Waals surface area (Å²) in [6.07, 6.45) is 1.63. The lowest BCUT2D eigenvalue weighted by Crippen LogP contribution is -2.04. The molecule has 0 aliphatic heterocycles. The van der Waals surface area contributed by atoms with Gasteiger partial charge in [0.2, 0.25) is 10.2 Å². The number of tetrazole rings is 1. The van der Waals surface area contributed by atoms with Gasteiger partial charge in [-0.05, 0) is 41.0 Å². The smallest absolute Gasteiger partial charge is 0.358 e. The van der Waals surface area contributed by atoms with Crippen molar-refractivity contribution in [3.8, 4) is 0 Å². The highest BCUT2D eigenvalue weighted by atomic mass is 32.2. The van der Waals surface area contributed by atoms with Crippen LogP contribution >= 0.6 is 23.1 Å². The topological polar surface area (TPSA) is 104 Å². The minimum Gasteiger partial charge on any atom is -0.358 e. The summed E-state index contributed by atoms with van der Waals surface area (Å²) in [5.74, 6) is -0.0652. The lowest BCUT2D eigenvalue weighted by molar-refractivity contribution is -0.393. The van der Waals surface area contributed by atoms with Gasteiger partial charge in [-0.1, -0.05) is 11.3 Å². The number of rotatable bonds is 4. The van der Waals surface area contributed by atoms with Crippen molar-refractivity contribution in [3.63, 3.8) is 0 Å². The first-order valence-corrected chi connectivity index (χ1v) is 7.33. The fraction of sp³-hybridized carbons (Fsp3) is 0.333. The Labute approximate surface area is 120 Å². The maximum Gasteiger partial charge on any atom is 0.363 e. The fourth-order valence-electron chi connectivity index (χ4n) is 1.65. The summed E-state index contributed by atoms with van der Waals surface area (Å²) in [4.78, 5) is 15.6. The largest absolute Gasteiger partial charge is 0.363 e. The van der Waals surface area contributed by atoms with Gasteiger partial charge in [-0.3, -0.25) is 0 Å². The number of imidazole rings is 1. The van der Waals surface area contributed by atoms with E-state index in [2.05, 4.69) is 20.5 Å². The highest BCUT2D eigenvalue weighted by Crippen LogP contribution is 2.35. The molecule has 3 rings (SSSR count). The van der Waals surface area contributed by atoms with E-state index in [9.17, 15) is 10.1 Å². The Morgan fingerprint density at radius 1 is 1.50 bits per heavy atom. The van der Waals surface area contributed by atoms with Gasteiger partial charge in [0, 0.05) is 5.38 Å². The zero-order chi connectivity index (χ0) is 14.3. The first-order chi connectivity index (χ1) is 9.58. The van der Waals surface area contributed by atoms with Crippen LogP contribution in [-0.4, -0.2) is 34.5 Å². The van der Waals surface area contributed by atoms with E-state index in [-0.39, 0.29) is 11.9 Å². The van der Waals surface area contributed by atoms with Gasteiger partial charge in [0.1, 0.15) is 6.20 Å². The summed E-state index contributed by atoms with van der Waals surface area (Å²) >= 11 is 2.43. The van der Waals surface area contributed by atoms with Crippen LogP contribution < -0.4 is 0 Å². The molecule has 20 heavy (non-hydrogen) atoms. The van der Waals surface area contributed by atoms with Crippen LogP contribution in [0.15, 0.2) is 21.8 Å². The Morgan fingerprint density at radius 2 is 2.30 bits per heavy atom. The number of hydrogen-bond donors (Lipinski definition) is 0. The summed E-state index contributed by atoms with van der Waals surface area (Å²) in [7, 11) is 0. The molecule has 104 valence electrons. The van der Waals surface area contributed by atoms with Crippen LogP contribution in [-0.2, 0) is 0 Å². The predicted molar refractivity (Wildman–Crippen MR) is 72.0 cm³/mol. The summed E-state index contributed by atoms with van der Waals surface area (Å²) in [5.41, 5.74) is 0. The van der Waals surface area contributed by atoms with Crippen molar-refractivity contribution in [2.75, 3.05) is 0 Å². The van der Waals surface area contributed by atoms with E-state index in [1.165, 1.54) is 15.7 Å². The second-order valence-electron chi connectivity index (χ2n) is 4.16. The van der Waals surface area contributed by atoms with Crippen LogP contribution in [0, 0.1) is 10.1 Å². The fourth-order valence-corrected chi connectivity index (χ4v) is 3.41. The number of nitrogens with zero attached hydrogens (tertiary/aromatic N) is 7. The Morgan fingerprint density at radius 3 is 3.00 bits per heavy atom. The van der Waals surface area contributed by atoms with E-state index >= 15 is 0 Å². The van der Waals surface area contributed by atoms with E-state index < -0.39 is 4.92 Å². The number of nitro groups is 1. The Bertz CT molecular complexity index is 774. The first-order valence-electron chi connectivity index (χ1n) is 5.63. The number of fused-ring (bicyclic) bond motifs is 1. The van der Waals surface area contributed by atoms with Crippen LogP contribution in [0.3, 0.4) is 0 Å². The highest BCUT2D eigenvalue weighted by Gasteiger charge is 2.26. The molecule has 9 nitrogen and oxygen atoms in total. The predicted octanol–water partition coefficient (Wildman–Crippen LogP) is 2.02. The normalized spacial score (nSPS) is 11.6. The second-order valence-corrected chi connectivity index (χ2v) is 5.98. The molecular formula is C9H9N7O2S2. The maximum absolute atomic E-state index is 11.2. The zero-order valence-corrected chi connectivity index (χ0v) is 12.1. The van der Waals surface area contributed by atoms with E-state index in [4.69, 9.17) is 0 Å². The molecule has 0 aromatic carbocycles. The monoisotopic (exact) mass is 311 g/mol. The van der Waals surface area contributed by atoms with Crippen molar-refractivity contribution in [2.24, 2.45) is 0 Å². The van der Waals surface area contributed by atoms with E-state index in [1.54, 1.807) is 16.3 Å². The highest BCUT2D eigenvalue weighted by molar-refractivity contribution is 7.99. The van der Waals surface area contributed by atoms with Crippen molar-refractivity contribution in [1.29, 1.82) is 0 Å². The maximum atomic E-state index is 11.2. The van der Waals surface area contributed by atoms with Gasteiger partial charge in [-0.2, -0.15) is 9.38 Å². The zero-order valence-electron chi connectivity index (χ0n) is 10.5. The Hall–Kier alpha value is -2.01. The number of thiazole rings is 1. The van der Waals surface area contributed by atoms with Gasteiger partial charge in [0.05, 0.1) is 6.04 Å². The standard InChI is InChI=1S/C9H9N7O2S2/c1-5(2)15-9(11-12-13-15)20-6-7(16(17)18)14-3-4-19-8(14)10-6/h3-5H,1-2H3. The van der Waals surface area contributed by atoms with E-state index in [0.29, 0.717) is 15.1 Å². The average Bonchev–Trinajstić information content (AvgIpc) is 3.02. The Kier molecular flexibility index (Phi) is 3.14. The lowest BCUT2D eigenvalue weighted by atomic mass is 10.4. The van der Waals surface area contributed by atoms with Crippen molar-refractivity contribution < 1.29 is 4.92 Å². The molecule has 0 unspecified atom stereocenters. The van der Waals surface area contributed by atoms with Crippen LogP contribution in [0.4, 0.5) is 5.82 Å². The van der Waals surface area contributed by atoms with Crippen molar-refractivity contribution in [2.45, 2.75) is 30.1 Å². The molecule has 0 saturated carbocycles. The molecule has 0 fully saturated rings. The molecule has 0 saturated heterocycles. The molecular weight excluding hydrogens is 302 g/mol. The third kappa shape index (κ3) is 2.04.